The standard InChI is InChI=1S/C25H33FN3O10PS/c1-22(2,15-30)20(32)41-12-11-37-40(36,27-13-16-7-5-4-6-8-16)39-18-24(14-26)25(18,35)23(3,34)19(38-24)29-10-9-17(31)28-21(29)33/h4-10,18-19,30,34-35H,11-15H2,1-3H3,(H,27,36)(H,28,31,33). The number of benzene rings is 1. The summed E-state index contributed by atoms with van der Waals surface area (Å²) in [5.41, 5.74) is -9.02. The summed E-state index contributed by atoms with van der Waals surface area (Å²) in [6.45, 7) is 2.21. The first-order chi connectivity index (χ1) is 19.2. The zero-order chi connectivity index (χ0) is 30.3. The highest BCUT2D eigenvalue weighted by atomic mass is 32.2. The second-order valence-electron chi connectivity index (χ2n) is 10.7. The first kappa shape index (κ1) is 31.7. The number of carbonyl (C=O) groups is 1. The number of halogens is 1. The minimum Gasteiger partial charge on any atom is -0.395 e. The molecule has 0 amide bonds. The molecule has 1 saturated heterocycles. The summed E-state index contributed by atoms with van der Waals surface area (Å²) in [5, 5.41) is 34.6. The fraction of sp³-hybridized carbons (Fsp3) is 0.560. The number of aromatic amines is 1. The number of H-pyrrole nitrogens is 1. The van der Waals surface area contributed by atoms with E-state index in [1.165, 1.54) is 0 Å². The lowest BCUT2D eigenvalue weighted by Gasteiger charge is -2.33. The molecule has 6 atom stereocenters. The molecule has 1 aliphatic carbocycles. The number of aliphatic hydroxyl groups excluding tert-OH is 1. The maximum absolute atomic E-state index is 14.5. The first-order valence-corrected chi connectivity index (χ1v) is 15.2. The molecule has 1 aliphatic heterocycles. The zero-order valence-electron chi connectivity index (χ0n) is 22.6. The highest BCUT2D eigenvalue weighted by Crippen LogP contribution is 2.71. The number of carbonyl (C=O) groups excluding carboxylic acids is 1. The summed E-state index contributed by atoms with van der Waals surface area (Å²) >= 11 is 0.857. The van der Waals surface area contributed by atoms with Crippen molar-refractivity contribution in [3.05, 3.63) is 69.0 Å². The minimum atomic E-state index is -4.36. The van der Waals surface area contributed by atoms with E-state index in [9.17, 15) is 38.7 Å². The summed E-state index contributed by atoms with van der Waals surface area (Å²) in [6.07, 6.45) is -2.29. The molecular formula is C25H33FN3O10PS. The number of fused-ring (bicyclic) bond motifs is 1. The lowest BCUT2D eigenvalue weighted by molar-refractivity contribution is -0.165. The molecule has 0 spiro atoms. The normalized spacial score (nSPS) is 30.5. The molecule has 13 nitrogen and oxygen atoms in total. The van der Waals surface area contributed by atoms with Crippen LogP contribution in [0.15, 0.2) is 52.2 Å². The highest BCUT2D eigenvalue weighted by Gasteiger charge is 2.93. The monoisotopic (exact) mass is 617 g/mol. The van der Waals surface area contributed by atoms with Gasteiger partial charge in [-0.15, -0.1) is 0 Å². The van der Waals surface area contributed by atoms with Crippen LogP contribution in [0.4, 0.5) is 4.39 Å². The fourth-order valence-electron chi connectivity index (χ4n) is 4.70. The summed E-state index contributed by atoms with van der Waals surface area (Å²) in [4.78, 5) is 38.1. The SMILES string of the molecule is CC(C)(CO)C(=O)SCCOP(=O)(NCc1ccccc1)OC1C2(CF)OC(n3ccc(=O)[nH]c3=O)C(C)(O)C12O. The van der Waals surface area contributed by atoms with Gasteiger partial charge in [-0.25, -0.2) is 18.8 Å². The summed E-state index contributed by atoms with van der Waals surface area (Å²) in [6, 6.07) is 9.77. The van der Waals surface area contributed by atoms with Gasteiger partial charge in [0, 0.05) is 24.6 Å². The average molecular weight is 618 g/mol. The molecule has 6 unspecified atom stereocenters. The van der Waals surface area contributed by atoms with Gasteiger partial charge in [-0.1, -0.05) is 42.1 Å². The van der Waals surface area contributed by atoms with E-state index in [1.54, 1.807) is 44.2 Å². The molecular weight excluding hydrogens is 584 g/mol. The molecule has 2 aliphatic rings. The number of nitrogens with zero attached hydrogens (tertiary/aromatic N) is 1. The van der Waals surface area contributed by atoms with E-state index in [0.717, 1.165) is 35.5 Å². The van der Waals surface area contributed by atoms with Crippen molar-refractivity contribution in [1.29, 1.82) is 0 Å². The molecule has 226 valence electrons. The Balaban J connectivity index is 1.54. The van der Waals surface area contributed by atoms with Gasteiger partial charge in [0.25, 0.3) is 5.56 Å². The topological polar surface area (TPSA) is 189 Å². The zero-order valence-corrected chi connectivity index (χ0v) is 24.3. The third-order valence-electron chi connectivity index (χ3n) is 7.33. The maximum atomic E-state index is 14.5. The predicted octanol–water partition coefficient (Wildman–Crippen LogP) is 0.847. The molecule has 0 bridgehead atoms. The van der Waals surface area contributed by atoms with Crippen LogP contribution in [0.25, 0.3) is 0 Å². The second-order valence-corrected chi connectivity index (χ2v) is 13.6. The Hall–Kier alpha value is -2.20. The Morgan fingerprint density at radius 1 is 1.27 bits per heavy atom. The van der Waals surface area contributed by atoms with Gasteiger partial charge in [0.2, 0.25) is 0 Å². The third kappa shape index (κ3) is 5.63. The van der Waals surface area contributed by atoms with Crippen molar-refractivity contribution in [3.63, 3.8) is 0 Å². The number of thioether (sulfide) groups is 1. The minimum absolute atomic E-state index is 0.0118. The Bertz CT molecular complexity index is 1440. The molecule has 2 aromatic rings. The van der Waals surface area contributed by atoms with Crippen LogP contribution in [0.2, 0.25) is 0 Å². The van der Waals surface area contributed by atoms with Crippen LogP contribution in [-0.4, -0.2) is 78.5 Å². The van der Waals surface area contributed by atoms with Gasteiger partial charge in [-0.2, -0.15) is 0 Å². The number of alkyl halides is 1. The number of rotatable bonds is 13. The van der Waals surface area contributed by atoms with Crippen molar-refractivity contribution in [3.8, 4) is 0 Å². The van der Waals surface area contributed by atoms with Crippen molar-refractivity contribution in [2.45, 2.75) is 56.5 Å². The van der Waals surface area contributed by atoms with Crippen LogP contribution in [0.1, 0.15) is 32.6 Å². The molecule has 41 heavy (non-hydrogen) atoms. The first-order valence-electron chi connectivity index (χ1n) is 12.7. The van der Waals surface area contributed by atoms with Gasteiger partial charge in [-0.3, -0.25) is 28.2 Å². The van der Waals surface area contributed by atoms with Crippen LogP contribution < -0.4 is 16.3 Å². The molecule has 2 fully saturated rings. The van der Waals surface area contributed by atoms with Gasteiger partial charge in [0.05, 0.1) is 18.6 Å². The molecule has 2 heterocycles. The highest BCUT2D eigenvalue weighted by molar-refractivity contribution is 8.13. The van der Waals surface area contributed by atoms with E-state index in [2.05, 4.69) is 5.09 Å². The van der Waals surface area contributed by atoms with E-state index in [0.29, 0.717) is 5.56 Å². The maximum Gasteiger partial charge on any atom is 0.406 e. The van der Waals surface area contributed by atoms with Crippen molar-refractivity contribution in [1.82, 2.24) is 14.6 Å². The van der Waals surface area contributed by atoms with Crippen LogP contribution in [0.5, 0.6) is 0 Å². The van der Waals surface area contributed by atoms with Gasteiger partial charge < -0.3 is 20.1 Å². The van der Waals surface area contributed by atoms with Gasteiger partial charge >= 0.3 is 13.4 Å². The molecule has 0 radical (unpaired) electrons. The molecule has 16 heteroatoms. The molecule has 4 rings (SSSR count). The number of aliphatic hydroxyl groups is 3. The van der Waals surface area contributed by atoms with Crippen LogP contribution >= 0.6 is 19.5 Å². The molecule has 1 aromatic carbocycles. The second kappa shape index (κ2) is 11.5. The molecule has 5 N–H and O–H groups in total. The lowest BCUT2D eigenvalue weighted by atomic mass is 9.94. The number of ether oxygens (including phenoxy) is 1. The van der Waals surface area contributed by atoms with Crippen molar-refractivity contribution >= 4 is 24.6 Å². The van der Waals surface area contributed by atoms with E-state index >= 15 is 0 Å². The van der Waals surface area contributed by atoms with Gasteiger partial charge in [-0.05, 0) is 26.3 Å². The number of nitrogens with one attached hydrogen (secondary N) is 2. The van der Waals surface area contributed by atoms with Gasteiger partial charge in [0.15, 0.2) is 22.5 Å². The number of hydrogen-bond donors (Lipinski definition) is 5. The van der Waals surface area contributed by atoms with Crippen LogP contribution in [0.3, 0.4) is 0 Å². The van der Waals surface area contributed by atoms with Gasteiger partial charge in [0.1, 0.15) is 18.4 Å². The molecule has 1 saturated carbocycles. The van der Waals surface area contributed by atoms with Crippen molar-refractivity contribution in [2.75, 3.05) is 25.6 Å². The van der Waals surface area contributed by atoms with Crippen LogP contribution in [0, 0.1) is 5.41 Å². The summed E-state index contributed by atoms with van der Waals surface area (Å²) in [5.74, 6) is 0.0389. The summed E-state index contributed by atoms with van der Waals surface area (Å²) in [7, 11) is -4.36. The summed E-state index contributed by atoms with van der Waals surface area (Å²) < 4.78 is 46.1. The third-order valence-corrected chi connectivity index (χ3v) is 10.1. The van der Waals surface area contributed by atoms with Crippen molar-refractivity contribution < 1.29 is 42.9 Å². The van der Waals surface area contributed by atoms with E-state index in [1.807, 2.05) is 4.98 Å². The number of aromatic nitrogens is 2. The largest absolute Gasteiger partial charge is 0.406 e. The smallest absolute Gasteiger partial charge is 0.395 e. The Labute approximate surface area is 238 Å². The van der Waals surface area contributed by atoms with Crippen LogP contribution in [-0.2, 0) is 29.7 Å². The predicted molar refractivity (Wildman–Crippen MR) is 146 cm³/mol. The number of hydrogen-bond acceptors (Lipinski definition) is 11. The van der Waals surface area contributed by atoms with Crippen molar-refractivity contribution in [2.24, 2.45) is 5.41 Å². The molecule has 1 aromatic heterocycles. The fourth-order valence-corrected chi connectivity index (χ4v) is 7.16. The Morgan fingerprint density at radius 2 is 1.95 bits per heavy atom. The Kier molecular flexibility index (Phi) is 8.88. The van der Waals surface area contributed by atoms with E-state index in [4.69, 9.17) is 13.8 Å². The van der Waals surface area contributed by atoms with E-state index < -0.39 is 60.2 Å². The average Bonchev–Trinajstić information content (AvgIpc) is 3.38. The quantitative estimate of drug-likeness (QED) is 0.158. The Morgan fingerprint density at radius 3 is 2.54 bits per heavy atom. The lowest BCUT2D eigenvalue weighted by Crippen LogP contribution is -2.51. The van der Waals surface area contributed by atoms with E-state index in [-0.39, 0.29) is 30.6 Å².